The summed E-state index contributed by atoms with van der Waals surface area (Å²) in [6, 6.07) is 0. The van der Waals surface area contributed by atoms with E-state index in [1.807, 2.05) is 0 Å². The minimum Gasteiger partial charge on any atom is -0.462 e. The lowest BCUT2D eigenvalue weighted by atomic mass is 10.3. The average Bonchev–Trinajstić information content (AvgIpc) is 2.18. The zero-order valence-electron chi connectivity index (χ0n) is 8.04. The van der Waals surface area contributed by atoms with Gasteiger partial charge >= 0.3 is 5.97 Å². The summed E-state index contributed by atoms with van der Waals surface area (Å²) in [4.78, 5) is 18.7. The van der Waals surface area contributed by atoms with Gasteiger partial charge in [-0.2, -0.15) is 0 Å². The van der Waals surface area contributed by atoms with Crippen molar-refractivity contribution in [2.45, 2.75) is 12.7 Å². The summed E-state index contributed by atoms with van der Waals surface area (Å²) < 4.78 is 23.7. The maximum atomic E-state index is 11.2. The molecule has 15 heavy (non-hydrogen) atoms. The highest BCUT2D eigenvalue weighted by molar-refractivity contribution is 7.78. The number of carbonyl (C=O) groups excluding carboxylic acids is 1. The van der Waals surface area contributed by atoms with Gasteiger partial charge in [-0.15, -0.1) is 0 Å². The van der Waals surface area contributed by atoms with Gasteiger partial charge in [-0.05, 0) is 6.92 Å². The van der Waals surface area contributed by atoms with Gasteiger partial charge in [-0.25, -0.2) is 19.0 Å². The van der Waals surface area contributed by atoms with E-state index in [4.69, 9.17) is 9.29 Å². The second kappa shape index (κ2) is 5.52. The van der Waals surface area contributed by atoms with E-state index in [0.717, 1.165) is 0 Å². The number of rotatable bonds is 4. The molecule has 0 saturated heterocycles. The highest BCUT2D eigenvalue weighted by atomic mass is 32.2. The van der Waals surface area contributed by atoms with Gasteiger partial charge in [-0.3, -0.25) is 0 Å². The van der Waals surface area contributed by atoms with Gasteiger partial charge in [0, 0.05) is 12.4 Å². The summed E-state index contributed by atoms with van der Waals surface area (Å²) in [6.45, 7) is 1.98. The molecule has 6 nitrogen and oxygen atoms in total. The number of carbonyl (C=O) groups is 1. The van der Waals surface area contributed by atoms with Crippen molar-refractivity contribution < 1.29 is 18.3 Å². The van der Waals surface area contributed by atoms with E-state index in [-0.39, 0.29) is 23.7 Å². The first kappa shape index (κ1) is 11.7. The van der Waals surface area contributed by atoms with Crippen molar-refractivity contribution in [3.05, 3.63) is 23.8 Å². The second-order valence-corrected chi connectivity index (χ2v) is 3.51. The number of aromatic nitrogens is 2. The van der Waals surface area contributed by atoms with Crippen LogP contribution in [0.3, 0.4) is 0 Å². The van der Waals surface area contributed by atoms with E-state index in [0.29, 0.717) is 0 Å². The number of hydrogen-bond donors (Lipinski definition) is 1. The molecule has 0 aliphatic carbocycles. The molecule has 1 aromatic heterocycles. The van der Waals surface area contributed by atoms with Gasteiger partial charge in [0.05, 0.1) is 12.2 Å². The predicted octanol–water partition coefficient (Wildman–Crippen LogP) is 0.375. The van der Waals surface area contributed by atoms with Gasteiger partial charge in [0.1, 0.15) is 11.6 Å². The Balaban J connectivity index is 2.71. The smallest absolute Gasteiger partial charge is 0.341 e. The summed E-state index contributed by atoms with van der Waals surface area (Å²) in [7, 11) is 0. The Bertz CT molecular complexity index is 365. The molecular formula is C8H10N2O4S. The van der Waals surface area contributed by atoms with Crippen LogP contribution in [0.25, 0.3) is 0 Å². The minimum absolute atomic E-state index is 0.150. The Morgan fingerprint density at radius 2 is 2.13 bits per heavy atom. The Kier molecular flexibility index (Phi) is 4.32. The molecule has 0 spiro atoms. The fourth-order valence-corrected chi connectivity index (χ4v) is 1.23. The SMILES string of the molecule is CCOC(=O)c1cnc(CS(=O)O)nc1. The molecule has 0 radical (unpaired) electrons. The maximum Gasteiger partial charge on any atom is 0.341 e. The van der Waals surface area contributed by atoms with E-state index in [1.54, 1.807) is 6.92 Å². The Labute approximate surface area is 89.0 Å². The molecule has 0 bridgehead atoms. The third-order valence-electron chi connectivity index (χ3n) is 1.47. The van der Waals surface area contributed by atoms with Gasteiger partial charge in [-0.1, -0.05) is 0 Å². The van der Waals surface area contributed by atoms with Crippen molar-refractivity contribution in [1.29, 1.82) is 0 Å². The summed E-state index contributed by atoms with van der Waals surface area (Å²) >= 11 is -1.98. The molecule has 1 N–H and O–H groups in total. The number of esters is 1. The molecule has 0 aromatic carbocycles. The molecule has 0 fully saturated rings. The van der Waals surface area contributed by atoms with E-state index >= 15 is 0 Å². The summed E-state index contributed by atoms with van der Waals surface area (Å²) in [6.07, 6.45) is 2.54. The first-order valence-electron chi connectivity index (χ1n) is 4.19. The quantitative estimate of drug-likeness (QED) is 0.594. The average molecular weight is 230 g/mol. The lowest BCUT2D eigenvalue weighted by Gasteiger charge is -2.01. The van der Waals surface area contributed by atoms with Crippen LogP contribution in [0, 0.1) is 0 Å². The van der Waals surface area contributed by atoms with Gasteiger partial charge in [0.2, 0.25) is 0 Å². The van der Waals surface area contributed by atoms with Crippen LogP contribution in [0.2, 0.25) is 0 Å². The largest absolute Gasteiger partial charge is 0.462 e. The van der Waals surface area contributed by atoms with Crippen molar-refractivity contribution in [1.82, 2.24) is 9.97 Å². The molecule has 0 amide bonds. The Morgan fingerprint density at radius 1 is 1.53 bits per heavy atom. The van der Waals surface area contributed by atoms with Crippen molar-refractivity contribution in [2.24, 2.45) is 0 Å². The lowest BCUT2D eigenvalue weighted by molar-refractivity contribution is 0.0525. The standard InChI is InChI=1S/C8H10N2O4S/c1-2-14-8(11)6-3-9-7(10-4-6)5-15(12)13/h3-4H,2,5H2,1H3,(H,12,13). The molecule has 0 aliphatic rings. The maximum absolute atomic E-state index is 11.2. The zero-order valence-corrected chi connectivity index (χ0v) is 8.86. The van der Waals surface area contributed by atoms with Crippen LogP contribution in [0.1, 0.15) is 23.1 Å². The van der Waals surface area contributed by atoms with E-state index in [9.17, 15) is 9.00 Å². The minimum atomic E-state index is -1.98. The van der Waals surface area contributed by atoms with Crippen molar-refractivity contribution in [3.63, 3.8) is 0 Å². The molecular weight excluding hydrogens is 220 g/mol. The van der Waals surface area contributed by atoms with E-state index < -0.39 is 17.0 Å². The number of ether oxygens (including phenoxy) is 1. The van der Waals surface area contributed by atoms with E-state index in [2.05, 4.69) is 9.97 Å². The fraction of sp³-hybridized carbons (Fsp3) is 0.375. The molecule has 0 saturated carbocycles. The summed E-state index contributed by atoms with van der Waals surface area (Å²) in [5.41, 5.74) is 0.226. The predicted molar refractivity (Wildman–Crippen MR) is 52.5 cm³/mol. The first-order chi connectivity index (χ1) is 7.13. The van der Waals surface area contributed by atoms with Crippen LogP contribution in [-0.2, 0) is 21.6 Å². The van der Waals surface area contributed by atoms with Crippen LogP contribution in [-0.4, -0.2) is 31.3 Å². The molecule has 1 rings (SSSR count). The van der Waals surface area contributed by atoms with Crippen LogP contribution < -0.4 is 0 Å². The number of nitrogens with zero attached hydrogens (tertiary/aromatic N) is 2. The fourth-order valence-electron chi connectivity index (χ4n) is 0.860. The molecule has 1 atom stereocenters. The lowest BCUT2D eigenvalue weighted by Crippen LogP contribution is -2.07. The molecule has 0 aliphatic heterocycles. The molecule has 82 valence electrons. The highest BCUT2D eigenvalue weighted by Crippen LogP contribution is 2.00. The van der Waals surface area contributed by atoms with Gasteiger partial charge in [0.15, 0.2) is 11.1 Å². The van der Waals surface area contributed by atoms with Crippen LogP contribution in [0.15, 0.2) is 12.4 Å². The van der Waals surface area contributed by atoms with Crippen LogP contribution in [0.4, 0.5) is 0 Å². The molecule has 1 aromatic rings. The van der Waals surface area contributed by atoms with Gasteiger partial charge in [0.25, 0.3) is 0 Å². The zero-order chi connectivity index (χ0) is 11.3. The first-order valence-corrected chi connectivity index (χ1v) is 5.46. The third kappa shape index (κ3) is 3.72. The second-order valence-electron chi connectivity index (χ2n) is 2.57. The summed E-state index contributed by atoms with van der Waals surface area (Å²) in [5, 5.41) is 0. The van der Waals surface area contributed by atoms with E-state index in [1.165, 1.54) is 12.4 Å². The van der Waals surface area contributed by atoms with Gasteiger partial charge < -0.3 is 9.29 Å². The van der Waals surface area contributed by atoms with Crippen LogP contribution in [0.5, 0.6) is 0 Å². The van der Waals surface area contributed by atoms with Crippen molar-refractivity contribution in [3.8, 4) is 0 Å². The molecule has 1 heterocycles. The Hall–Kier alpha value is -1.34. The molecule has 7 heteroatoms. The monoisotopic (exact) mass is 230 g/mol. The third-order valence-corrected chi connectivity index (χ3v) is 1.97. The highest BCUT2D eigenvalue weighted by Gasteiger charge is 2.08. The summed E-state index contributed by atoms with van der Waals surface area (Å²) in [5.74, 6) is -0.443. The molecule has 1 unspecified atom stereocenters. The van der Waals surface area contributed by atoms with Crippen molar-refractivity contribution >= 4 is 17.0 Å². The normalized spacial score (nSPS) is 12.1. The number of hydrogen-bond acceptors (Lipinski definition) is 5. The van der Waals surface area contributed by atoms with Crippen molar-refractivity contribution in [2.75, 3.05) is 6.61 Å². The van der Waals surface area contributed by atoms with Crippen LogP contribution >= 0.6 is 0 Å². The Morgan fingerprint density at radius 3 is 2.60 bits per heavy atom. The topological polar surface area (TPSA) is 89.4 Å².